The maximum Gasteiger partial charge on any atom is 0.330 e. The molecule has 0 aromatic carbocycles. The van der Waals surface area contributed by atoms with Gasteiger partial charge in [-0.3, -0.25) is 32.8 Å². The first kappa shape index (κ1) is 32.2. The summed E-state index contributed by atoms with van der Waals surface area (Å²) in [6.07, 6.45) is -15.4. The van der Waals surface area contributed by atoms with Gasteiger partial charge in [-0.15, -0.1) is 0 Å². The first-order chi connectivity index (χ1) is 18.4. The molecule has 11 atom stereocenters. The highest BCUT2D eigenvalue weighted by Gasteiger charge is 2.48. The summed E-state index contributed by atoms with van der Waals surface area (Å²) in [6, 6.07) is -1.06. The molecule has 1 aromatic heterocycles. The summed E-state index contributed by atoms with van der Waals surface area (Å²) in [5.74, 6) is -3.06. The van der Waals surface area contributed by atoms with Crippen molar-refractivity contribution in [2.45, 2.75) is 62.1 Å². The highest BCUT2D eigenvalue weighted by atomic mass is 31.3. The topological polar surface area (TPSA) is 331 Å². The number of amides is 1. The molecule has 0 spiro atoms. The van der Waals surface area contributed by atoms with Gasteiger partial charge in [-0.2, -0.15) is 0 Å². The SMILES string of the molecule is CC(=O)N[C@@H]1C(OP(=O)([O-])OP(=O)([O-])OC[C@H]2O[C@@H](n3ccc(=O)[nH]c3=O)[C@H](O)[C@@H]2O)O[C@H](C(=O)[O-])[C@@H](O)[C@@H]1O. The van der Waals surface area contributed by atoms with Crippen molar-refractivity contribution in [3.63, 3.8) is 0 Å². The summed E-state index contributed by atoms with van der Waals surface area (Å²) >= 11 is 0. The van der Waals surface area contributed by atoms with Gasteiger partial charge < -0.3 is 59.4 Å². The van der Waals surface area contributed by atoms with E-state index in [0.29, 0.717) is 4.57 Å². The van der Waals surface area contributed by atoms with Crippen LogP contribution in [-0.2, 0) is 41.6 Å². The average molecular weight is 618 g/mol. The standard InChI is InChI=1S/C17H25N3O18P2/c1-5(21)18-8-10(24)11(25)13(15(27)28)36-16(8)37-40(32,33)38-39(30,31)34-4-6-9(23)12(26)14(35-6)20-3-2-7(22)19-17(20)29/h2-3,6,8-14,16,23-26H,4H2,1H3,(H,18,21)(H,27,28)(H,30,31)(H,32,33)(H,19,22,29)/p-3/t6-,8+,9-,10-,11+,12-,13+,14-,16?/m1/s1. The Bertz CT molecular complexity index is 1320. The highest BCUT2D eigenvalue weighted by Crippen LogP contribution is 2.57. The van der Waals surface area contributed by atoms with Crippen molar-refractivity contribution in [3.8, 4) is 0 Å². The molecule has 1 aromatic rings. The zero-order chi connectivity index (χ0) is 30.2. The molecular weight excluding hydrogens is 596 g/mol. The Kier molecular flexibility index (Phi) is 9.85. The number of aliphatic hydroxyl groups is 4. The molecule has 2 aliphatic rings. The molecule has 3 unspecified atom stereocenters. The smallest absolute Gasteiger partial charge is 0.330 e. The molecule has 0 radical (unpaired) electrons. The molecule has 2 aliphatic heterocycles. The first-order valence-corrected chi connectivity index (χ1v) is 13.8. The van der Waals surface area contributed by atoms with E-state index in [1.54, 1.807) is 0 Å². The summed E-state index contributed by atoms with van der Waals surface area (Å²) in [7, 11) is -12.0. The fourth-order valence-electron chi connectivity index (χ4n) is 3.72. The number of carboxylic acids is 1. The van der Waals surface area contributed by atoms with Gasteiger partial charge in [0.15, 0.2) is 12.5 Å². The number of H-pyrrole nitrogens is 1. The lowest BCUT2D eigenvalue weighted by Gasteiger charge is -2.44. The van der Waals surface area contributed by atoms with Crippen LogP contribution in [-0.4, -0.2) is 97.4 Å². The third kappa shape index (κ3) is 7.47. The number of aromatic amines is 1. The maximum absolute atomic E-state index is 12.3. The second-order valence-electron chi connectivity index (χ2n) is 8.39. The second-order valence-corrected chi connectivity index (χ2v) is 11.3. The lowest BCUT2D eigenvalue weighted by Crippen LogP contribution is -2.66. The predicted molar refractivity (Wildman–Crippen MR) is 114 cm³/mol. The lowest BCUT2D eigenvalue weighted by atomic mass is 9.97. The van der Waals surface area contributed by atoms with Crippen LogP contribution < -0.4 is 31.5 Å². The summed E-state index contributed by atoms with van der Waals surface area (Å²) < 4.78 is 47.6. The Morgan fingerprint density at radius 2 is 1.73 bits per heavy atom. The van der Waals surface area contributed by atoms with Crippen molar-refractivity contribution in [3.05, 3.63) is 33.1 Å². The minimum absolute atomic E-state index is 0.670. The molecule has 2 saturated heterocycles. The summed E-state index contributed by atoms with van der Waals surface area (Å²) in [5.41, 5.74) is -1.83. The molecule has 21 nitrogen and oxygen atoms in total. The van der Waals surface area contributed by atoms with Crippen LogP contribution in [0.3, 0.4) is 0 Å². The van der Waals surface area contributed by atoms with Gasteiger partial charge in [0.25, 0.3) is 21.2 Å². The number of aromatic nitrogens is 2. The third-order valence-corrected chi connectivity index (χ3v) is 8.03. The van der Waals surface area contributed by atoms with Crippen molar-refractivity contribution >= 4 is 27.5 Å². The van der Waals surface area contributed by atoms with Crippen LogP contribution in [0.2, 0.25) is 0 Å². The maximum atomic E-state index is 12.3. The van der Waals surface area contributed by atoms with Crippen LogP contribution in [0.15, 0.2) is 21.9 Å². The number of hydrogen-bond donors (Lipinski definition) is 6. The van der Waals surface area contributed by atoms with E-state index in [-0.39, 0.29) is 0 Å². The minimum Gasteiger partial charge on any atom is -0.756 e. The third-order valence-electron chi connectivity index (χ3n) is 5.50. The Balaban J connectivity index is 1.68. The van der Waals surface area contributed by atoms with E-state index in [4.69, 9.17) is 9.47 Å². The number of nitrogens with one attached hydrogen (secondary N) is 2. The number of aliphatic carboxylic acids is 1. The van der Waals surface area contributed by atoms with Crippen molar-refractivity contribution in [2.24, 2.45) is 0 Å². The van der Waals surface area contributed by atoms with E-state index in [9.17, 15) is 63.6 Å². The molecule has 6 N–H and O–H groups in total. The van der Waals surface area contributed by atoms with Crippen LogP contribution in [0.5, 0.6) is 0 Å². The molecule has 1 amide bonds. The van der Waals surface area contributed by atoms with Crippen LogP contribution in [0.1, 0.15) is 13.2 Å². The monoisotopic (exact) mass is 618 g/mol. The molecule has 3 rings (SSSR count). The largest absolute Gasteiger partial charge is 0.756 e. The van der Waals surface area contributed by atoms with Gasteiger partial charge in [0.1, 0.15) is 42.7 Å². The van der Waals surface area contributed by atoms with Gasteiger partial charge >= 0.3 is 5.69 Å². The van der Waals surface area contributed by atoms with Crippen molar-refractivity contribution < 1.29 is 76.9 Å². The van der Waals surface area contributed by atoms with E-state index in [0.717, 1.165) is 19.2 Å². The van der Waals surface area contributed by atoms with E-state index in [1.807, 2.05) is 10.3 Å². The fraction of sp³-hybridized carbons (Fsp3) is 0.647. The van der Waals surface area contributed by atoms with Crippen molar-refractivity contribution in [1.29, 1.82) is 0 Å². The first-order valence-electron chi connectivity index (χ1n) is 10.9. The number of aliphatic hydroxyl groups excluding tert-OH is 4. The van der Waals surface area contributed by atoms with Gasteiger partial charge in [-0.05, 0) is 0 Å². The second kappa shape index (κ2) is 12.2. The van der Waals surface area contributed by atoms with Crippen LogP contribution in [0.25, 0.3) is 0 Å². The number of hydrogen-bond acceptors (Lipinski definition) is 18. The zero-order valence-electron chi connectivity index (χ0n) is 19.9. The normalized spacial score (nSPS) is 35.4. The number of rotatable bonds is 10. The number of carboxylic acid groups (broad SMARTS) is 1. The van der Waals surface area contributed by atoms with Gasteiger partial charge in [0, 0.05) is 19.2 Å². The van der Waals surface area contributed by atoms with E-state index >= 15 is 0 Å². The van der Waals surface area contributed by atoms with Crippen LogP contribution >= 0.6 is 15.6 Å². The van der Waals surface area contributed by atoms with Gasteiger partial charge in [0.2, 0.25) is 5.91 Å². The quantitative estimate of drug-likeness (QED) is 0.133. The van der Waals surface area contributed by atoms with Crippen LogP contribution in [0, 0.1) is 0 Å². The Morgan fingerprint density at radius 3 is 2.30 bits per heavy atom. The number of nitrogens with zero attached hydrogens (tertiary/aromatic N) is 1. The molecular formula is C17H22N3O18P2-3. The Hall–Kier alpha value is -2.36. The molecule has 0 saturated carbocycles. The Morgan fingerprint density at radius 1 is 1.07 bits per heavy atom. The number of ether oxygens (including phenoxy) is 2. The number of phosphoric acid groups is 2. The van der Waals surface area contributed by atoms with Crippen molar-refractivity contribution in [1.82, 2.24) is 14.9 Å². The van der Waals surface area contributed by atoms with Crippen molar-refractivity contribution in [2.75, 3.05) is 6.61 Å². The van der Waals surface area contributed by atoms with Crippen LogP contribution in [0.4, 0.5) is 0 Å². The molecule has 40 heavy (non-hydrogen) atoms. The molecule has 2 fully saturated rings. The summed E-state index contributed by atoms with van der Waals surface area (Å²) in [4.78, 5) is 72.0. The summed E-state index contributed by atoms with van der Waals surface area (Å²) in [5, 5.41) is 53.3. The number of phosphoric ester groups is 2. The molecule has 0 aliphatic carbocycles. The predicted octanol–water partition coefficient (Wildman–Crippen LogP) is -7.16. The average Bonchev–Trinajstić information content (AvgIpc) is 3.09. The van der Waals surface area contributed by atoms with Gasteiger partial charge in [-0.1, -0.05) is 0 Å². The van der Waals surface area contributed by atoms with Gasteiger partial charge in [0.05, 0.1) is 12.6 Å². The number of carbonyl (C=O) groups is 2. The Labute approximate surface area is 221 Å². The van der Waals surface area contributed by atoms with E-state index < -0.39 is 101 Å². The molecule has 0 bridgehead atoms. The molecule has 3 heterocycles. The molecule has 23 heteroatoms. The fourth-order valence-corrected chi connectivity index (χ4v) is 5.80. The van der Waals surface area contributed by atoms with E-state index in [1.165, 1.54) is 0 Å². The lowest BCUT2D eigenvalue weighted by molar-refractivity contribution is -0.340. The zero-order valence-corrected chi connectivity index (χ0v) is 21.7. The van der Waals surface area contributed by atoms with Gasteiger partial charge in [-0.25, -0.2) is 9.11 Å². The summed E-state index contributed by atoms with van der Waals surface area (Å²) in [6.45, 7) is -0.289. The number of carbonyl (C=O) groups excluding carboxylic acids is 2. The van der Waals surface area contributed by atoms with E-state index in [2.05, 4.69) is 13.4 Å². The minimum atomic E-state index is -6.09. The highest BCUT2D eigenvalue weighted by molar-refractivity contribution is 7.59. The molecule has 226 valence electrons.